The highest BCUT2D eigenvalue weighted by molar-refractivity contribution is 6.08. The predicted octanol–water partition coefficient (Wildman–Crippen LogP) is 5.93. The first-order valence-electron chi connectivity index (χ1n) is 8.80. The number of carbonyl (C=O) groups excluding carboxylic acids is 1. The Balaban J connectivity index is 1.92. The van der Waals surface area contributed by atoms with Crippen LogP contribution in [0.5, 0.6) is 5.75 Å². The molecule has 2 aromatic rings. The lowest BCUT2D eigenvalue weighted by atomic mass is 10.1. The third-order valence-corrected chi connectivity index (χ3v) is 3.88. The Morgan fingerprint density at radius 2 is 1.62 bits per heavy atom. The van der Waals surface area contributed by atoms with Gasteiger partial charge in [0, 0.05) is 0 Å². The highest BCUT2D eigenvalue weighted by Gasteiger charge is 2.09. The van der Waals surface area contributed by atoms with Crippen molar-refractivity contribution in [3.63, 3.8) is 0 Å². The molecule has 2 heteroatoms. The molecule has 0 spiro atoms. The van der Waals surface area contributed by atoms with E-state index >= 15 is 0 Å². The van der Waals surface area contributed by atoms with Crippen LogP contribution in [0.1, 0.15) is 54.9 Å². The Hall–Kier alpha value is -2.35. The zero-order valence-electron chi connectivity index (χ0n) is 14.4. The molecule has 0 heterocycles. The SMILES string of the molecule is CCCCCCCOc1ccccc1C(=O)/C=C/c1ccccc1. The van der Waals surface area contributed by atoms with Gasteiger partial charge in [-0.2, -0.15) is 0 Å². The summed E-state index contributed by atoms with van der Waals surface area (Å²) in [6.07, 6.45) is 9.43. The van der Waals surface area contributed by atoms with Gasteiger partial charge in [0.05, 0.1) is 12.2 Å². The van der Waals surface area contributed by atoms with Crippen LogP contribution in [0.25, 0.3) is 6.08 Å². The Labute approximate surface area is 145 Å². The number of hydrogen-bond acceptors (Lipinski definition) is 2. The Morgan fingerprint density at radius 1 is 0.917 bits per heavy atom. The molecule has 0 saturated carbocycles. The van der Waals surface area contributed by atoms with Crippen LogP contribution < -0.4 is 4.74 Å². The highest BCUT2D eigenvalue weighted by Crippen LogP contribution is 2.20. The molecule has 24 heavy (non-hydrogen) atoms. The fraction of sp³-hybridized carbons (Fsp3) is 0.318. The van der Waals surface area contributed by atoms with Gasteiger partial charge < -0.3 is 4.74 Å². The molecule has 0 radical (unpaired) electrons. The molecular formula is C22H26O2. The zero-order valence-corrected chi connectivity index (χ0v) is 14.4. The molecule has 0 atom stereocenters. The number of unbranched alkanes of at least 4 members (excludes halogenated alkanes) is 4. The van der Waals surface area contributed by atoms with Crippen molar-refractivity contribution in [1.82, 2.24) is 0 Å². The topological polar surface area (TPSA) is 26.3 Å². The highest BCUT2D eigenvalue weighted by atomic mass is 16.5. The molecular weight excluding hydrogens is 296 g/mol. The number of allylic oxidation sites excluding steroid dienone is 1. The molecule has 2 rings (SSSR count). The lowest BCUT2D eigenvalue weighted by Crippen LogP contribution is -2.03. The normalized spacial score (nSPS) is 10.9. The van der Waals surface area contributed by atoms with Gasteiger partial charge in [0.15, 0.2) is 5.78 Å². The Kier molecular flexibility index (Phi) is 7.82. The molecule has 0 aliphatic heterocycles. The van der Waals surface area contributed by atoms with Crippen LogP contribution in [0, 0.1) is 0 Å². The quantitative estimate of drug-likeness (QED) is 0.308. The van der Waals surface area contributed by atoms with Crippen molar-refractivity contribution < 1.29 is 9.53 Å². The molecule has 0 aromatic heterocycles. The van der Waals surface area contributed by atoms with Crippen molar-refractivity contribution in [3.8, 4) is 5.75 Å². The van der Waals surface area contributed by atoms with Gasteiger partial charge in [0.2, 0.25) is 0 Å². The van der Waals surface area contributed by atoms with E-state index in [1.165, 1.54) is 25.7 Å². The van der Waals surface area contributed by atoms with Crippen LogP contribution in [-0.2, 0) is 0 Å². The maximum absolute atomic E-state index is 12.4. The third-order valence-electron chi connectivity index (χ3n) is 3.88. The summed E-state index contributed by atoms with van der Waals surface area (Å²) in [6.45, 7) is 2.87. The number of hydrogen-bond donors (Lipinski definition) is 0. The summed E-state index contributed by atoms with van der Waals surface area (Å²) in [7, 11) is 0. The van der Waals surface area contributed by atoms with Crippen molar-refractivity contribution in [2.75, 3.05) is 6.61 Å². The number of rotatable bonds is 10. The second kappa shape index (κ2) is 10.4. The van der Waals surface area contributed by atoms with Crippen molar-refractivity contribution in [2.24, 2.45) is 0 Å². The van der Waals surface area contributed by atoms with Crippen LogP contribution in [-0.4, -0.2) is 12.4 Å². The Bertz CT molecular complexity index is 644. The van der Waals surface area contributed by atoms with Crippen molar-refractivity contribution in [1.29, 1.82) is 0 Å². The van der Waals surface area contributed by atoms with Crippen LogP contribution >= 0.6 is 0 Å². The minimum atomic E-state index is -0.0274. The van der Waals surface area contributed by atoms with Gasteiger partial charge in [-0.05, 0) is 30.2 Å². The van der Waals surface area contributed by atoms with E-state index in [2.05, 4.69) is 6.92 Å². The van der Waals surface area contributed by atoms with Crippen LogP contribution in [0.2, 0.25) is 0 Å². The largest absolute Gasteiger partial charge is 0.493 e. The van der Waals surface area contributed by atoms with Gasteiger partial charge in [-0.15, -0.1) is 0 Å². The Morgan fingerprint density at radius 3 is 2.42 bits per heavy atom. The summed E-state index contributed by atoms with van der Waals surface area (Å²) in [6, 6.07) is 17.3. The molecule has 2 nitrogen and oxygen atoms in total. The fourth-order valence-corrected chi connectivity index (χ4v) is 2.51. The van der Waals surface area contributed by atoms with Crippen molar-refractivity contribution in [3.05, 3.63) is 71.8 Å². The molecule has 2 aromatic carbocycles. The molecule has 0 bridgehead atoms. The van der Waals surface area contributed by atoms with Gasteiger partial charge in [0.25, 0.3) is 0 Å². The molecule has 0 amide bonds. The van der Waals surface area contributed by atoms with Crippen molar-refractivity contribution in [2.45, 2.75) is 39.0 Å². The zero-order chi connectivity index (χ0) is 17.0. The number of ether oxygens (including phenoxy) is 1. The number of para-hydroxylation sites is 1. The minimum absolute atomic E-state index is 0.0274. The van der Waals surface area contributed by atoms with Gasteiger partial charge in [-0.3, -0.25) is 4.79 Å². The lowest BCUT2D eigenvalue weighted by molar-refractivity contribution is 0.104. The van der Waals surface area contributed by atoms with Crippen LogP contribution in [0.3, 0.4) is 0 Å². The first-order chi connectivity index (χ1) is 11.8. The number of carbonyl (C=O) groups is 1. The first kappa shape index (κ1) is 18.0. The molecule has 0 N–H and O–H groups in total. The van der Waals surface area contributed by atoms with E-state index in [1.807, 2.05) is 60.7 Å². The summed E-state index contributed by atoms with van der Waals surface area (Å²) >= 11 is 0. The number of benzene rings is 2. The summed E-state index contributed by atoms with van der Waals surface area (Å²) < 4.78 is 5.84. The average molecular weight is 322 g/mol. The average Bonchev–Trinajstić information content (AvgIpc) is 2.64. The molecule has 0 unspecified atom stereocenters. The monoisotopic (exact) mass is 322 g/mol. The molecule has 126 valence electrons. The minimum Gasteiger partial charge on any atom is -0.493 e. The lowest BCUT2D eigenvalue weighted by Gasteiger charge is -2.09. The van der Waals surface area contributed by atoms with E-state index in [-0.39, 0.29) is 5.78 Å². The van der Waals surface area contributed by atoms with Gasteiger partial charge in [-0.1, -0.05) is 81.1 Å². The van der Waals surface area contributed by atoms with E-state index in [4.69, 9.17) is 4.74 Å². The number of ketones is 1. The van der Waals surface area contributed by atoms with E-state index in [0.717, 1.165) is 12.0 Å². The second-order valence-corrected chi connectivity index (χ2v) is 5.87. The summed E-state index contributed by atoms with van der Waals surface area (Å²) in [5.74, 6) is 0.649. The van der Waals surface area contributed by atoms with Crippen LogP contribution in [0.15, 0.2) is 60.7 Å². The van der Waals surface area contributed by atoms with E-state index in [0.29, 0.717) is 17.9 Å². The fourth-order valence-electron chi connectivity index (χ4n) is 2.51. The van der Waals surface area contributed by atoms with Crippen molar-refractivity contribution >= 4 is 11.9 Å². The summed E-state index contributed by atoms with van der Waals surface area (Å²) in [5, 5.41) is 0. The van der Waals surface area contributed by atoms with Gasteiger partial charge in [0.1, 0.15) is 5.75 Å². The molecule has 0 aliphatic rings. The standard InChI is InChI=1S/C22H26O2/c1-2-3-4-5-11-18-24-22-15-10-9-14-20(22)21(23)17-16-19-12-7-6-8-13-19/h6-10,12-17H,2-5,11,18H2,1H3/b17-16+. The van der Waals surface area contributed by atoms with Gasteiger partial charge in [-0.25, -0.2) is 0 Å². The summed E-state index contributed by atoms with van der Waals surface area (Å²) in [4.78, 5) is 12.4. The predicted molar refractivity (Wildman–Crippen MR) is 101 cm³/mol. The third kappa shape index (κ3) is 6.04. The molecule has 0 fully saturated rings. The maximum atomic E-state index is 12.4. The van der Waals surface area contributed by atoms with Gasteiger partial charge >= 0.3 is 0 Å². The molecule has 0 aliphatic carbocycles. The van der Waals surface area contributed by atoms with E-state index in [1.54, 1.807) is 6.08 Å². The van der Waals surface area contributed by atoms with E-state index in [9.17, 15) is 4.79 Å². The second-order valence-electron chi connectivity index (χ2n) is 5.87. The van der Waals surface area contributed by atoms with Crippen LogP contribution in [0.4, 0.5) is 0 Å². The first-order valence-corrected chi connectivity index (χ1v) is 8.80. The molecule has 0 saturated heterocycles. The maximum Gasteiger partial charge on any atom is 0.189 e. The summed E-state index contributed by atoms with van der Waals surface area (Å²) in [5.41, 5.74) is 1.64. The smallest absolute Gasteiger partial charge is 0.189 e. The van der Waals surface area contributed by atoms with E-state index < -0.39 is 0 Å².